The van der Waals surface area contributed by atoms with Gasteiger partial charge in [0.2, 0.25) is 0 Å². The van der Waals surface area contributed by atoms with E-state index in [0.29, 0.717) is 5.56 Å². The molecule has 0 amide bonds. The molecule has 82 valence electrons. The zero-order chi connectivity index (χ0) is 11.3. The lowest BCUT2D eigenvalue weighted by Crippen LogP contribution is -2.24. The van der Waals surface area contributed by atoms with Gasteiger partial charge in [-0.2, -0.15) is 0 Å². The highest BCUT2D eigenvalue weighted by Gasteiger charge is 2.09. The number of unbranched alkanes of at least 4 members (excludes halogenated alkanes) is 1. The highest BCUT2D eigenvalue weighted by Crippen LogP contribution is 2.15. The van der Waals surface area contributed by atoms with Crippen molar-refractivity contribution >= 4 is 11.7 Å². The predicted octanol–water partition coefficient (Wildman–Crippen LogP) is 1.60. The number of nitrogen functional groups attached to an aromatic ring is 1. The summed E-state index contributed by atoms with van der Waals surface area (Å²) in [5, 5.41) is 7.46. The lowest BCUT2D eigenvalue weighted by Gasteiger charge is -2.20. The summed E-state index contributed by atoms with van der Waals surface area (Å²) in [7, 11) is 1.98. The summed E-state index contributed by atoms with van der Waals surface area (Å²) in [5.41, 5.74) is 6.20. The number of nitrogens with zero attached hydrogens (tertiary/aromatic N) is 2. The molecule has 0 aliphatic carbocycles. The second kappa shape index (κ2) is 5.34. The van der Waals surface area contributed by atoms with Crippen molar-refractivity contribution in [3.05, 3.63) is 23.9 Å². The van der Waals surface area contributed by atoms with E-state index in [-0.39, 0.29) is 5.84 Å². The van der Waals surface area contributed by atoms with E-state index >= 15 is 0 Å². The largest absolute Gasteiger partial charge is 0.384 e. The minimum absolute atomic E-state index is 0.0708. The Balaban J connectivity index is 2.87. The minimum Gasteiger partial charge on any atom is -0.384 e. The van der Waals surface area contributed by atoms with Crippen LogP contribution in [0.3, 0.4) is 0 Å². The Kier molecular flexibility index (Phi) is 4.09. The molecule has 0 aromatic carbocycles. The third-order valence-corrected chi connectivity index (χ3v) is 2.29. The van der Waals surface area contributed by atoms with Crippen molar-refractivity contribution in [2.75, 3.05) is 18.5 Å². The smallest absolute Gasteiger partial charge is 0.139 e. The van der Waals surface area contributed by atoms with E-state index in [1.165, 1.54) is 0 Å². The van der Waals surface area contributed by atoms with Crippen molar-refractivity contribution in [1.82, 2.24) is 4.98 Å². The number of hydrogen-bond acceptors (Lipinski definition) is 3. The van der Waals surface area contributed by atoms with Crippen LogP contribution in [0, 0.1) is 5.41 Å². The van der Waals surface area contributed by atoms with Gasteiger partial charge in [0.15, 0.2) is 0 Å². The van der Waals surface area contributed by atoms with Crippen molar-refractivity contribution in [1.29, 1.82) is 5.41 Å². The van der Waals surface area contributed by atoms with E-state index in [4.69, 9.17) is 11.1 Å². The zero-order valence-corrected chi connectivity index (χ0v) is 9.33. The molecule has 1 aromatic heterocycles. The first kappa shape index (κ1) is 11.5. The fourth-order valence-corrected chi connectivity index (χ4v) is 1.41. The summed E-state index contributed by atoms with van der Waals surface area (Å²) in [4.78, 5) is 6.30. The first-order valence-electron chi connectivity index (χ1n) is 5.17. The van der Waals surface area contributed by atoms with Gasteiger partial charge >= 0.3 is 0 Å². The molecule has 1 aromatic rings. The number of anilines is 1. The molecule has 4 nitrogen and oxygen atoms in total. The van der Waals surface area contributed by atoms with E-state index in [0.717, 1.165) is 25.2 Å². The van der Waals surface area contributed by atoms with E-state index in [1.54, 1.807) is 12.3 Å². The first-order valence-corrected chi connectivity index (χ1v) is 5.17. The molecule has 4 heteroatoms. The third-order valence-electron chi connectivity index (χ3n) is 2.29. The lowest BCUT2D eigenvalue weighted by molar-refractivity contribution is 0.759. The van der Waals surface area contributed by atoms with Gasteiger partial charge in [-0.1, -0.05) is 13.3 Å². The SMILES string of the molecule is CCCCN(C)c1ncccc1C(=N)N. The fourth-order valence-electron chi connectivity index (χ4n) is 1.41. The van der Waals surface area contributed by atoms with E-state index in [1.807, 2.05) is 18.0 Å². The maximum absolute atomic E-state index is 7.46. The number of nitrogens with two attached hydrogens (primary N) is 1. The predicted molar refractivity (Wildman–Crippen MR) is 63.4 cm³/mol. The standard InChI is InChI=1S/C11H18N4/c1-3-4-8-15(2)11-9(10(12)13)6-5-7-14-11/h5-7H,3-4,8H2,1-2H3,(H3,12,13). The average Bonchev–Trinajstić information content (AvgIpc) is 2.25. The van der Waals surface area contributed by atoms with Crippen LogP contribution in [0.2, 0.25) is 0 Å². The van der Waals surface area contributed by atoms with Gasteiger partial charge in [0, 0.05) is 19.8 Å². The fraction of sp³-hybridized carbons (Fsp3) is 0.455. The number of amidine groups is 1. The van der Waals surface area contributed by atoms with Crippen LogP contribution in [0.25, 0.3) is 0 Å². The Bertz CT molecular complexity index is 335. The molecule has 0 saturated carbocycles. The number of nitrogens with one attached hydrogen (secondary N) is 1. The monoisotopic (exact) mass is 206 g/mol. The van der Waals surface area contributed by atoms with Crippen LogP contribution in [0.4, 0.5) is 5.82 Å². The van der Waals surface area contributed by atoms with Gasteiger partial charge in [-0.25, -0.2) is 4.98 Å². The topological polar surface area (TPSA) is 66.0 Å². The second-order valence-electron chi connectivity index (χ2n) is 3.56. The van der Waals surface area contributed by atoms with Gasteiger partial charge in [0.25, 0.3) is 0 Å². The van der Waals surface area contributed by atoms with Crippen LogP contribution in [-0.2, 0) is 0 Å². The number of aromatic nitrogens is 1. The summed E-state index contributed by atoms with van der Waals surface area (Å²) in [6, 6.07) is 3.63. The molecular weight excluding hydrogens is 188 g/mol. The summed E-state index contributed by atoms with van der Waals surface area (Å²) in [6.07, 6.45) is 3.99. The van der Waals surface area contributed by atoms with Crippen LogP contribution < -0.4 is 10.6 Å². The molecule has 0 aliphatic rings. The molecule has 0 saturated heterocycles. The lowest BCUT2D eigenvalue weighted by atomic mass is 10.2. The molecule has 0 fully saturated rings. The Hall–Kier alpha value is -1.58. The Labute approximate surface area is 90.6 Å². The maximum Gasteiger partial charge on any atom is 0.139 e. The molecule has 3 N–H and O–H groups in total. The minimum atomic E-state index is 0.0708. The van der Waals surface area contributed by atoms with Gasteiger partial charge in [-0.3, -0.25) is 5.41 Å². The molecule has 0 bridgehead atoms. The van der Waals surface area contributed by atoms with Crippen molar-refractivity contribution in [2.24, 2.45) is 5.73 Å². The maximum atomic E-state index is 7.46. The molecule has 0 unspecified atom stereocenters. The van der Waals surface area contributed by atoms with Crippen LogP contribution in [-0.4, -0.2) is 24.4 Å². The molecule has 0 atom stereocenters. The molecule has 0 aliphatic heterocycles. The summed E-state index contributed by atoms with van der Waals surface area (Å²) < 4.78 is 0. The summed E-state index contributed by atoms with van der Waals surface area (Å²) in [6.45, 7) is 3.09. The highest BCUT2D eigenvalue weighted by molar-refractivity contribution is 5.99. The third kappa shape index (κ3) is 2.94. The van der Waals surface area contributed by atoms with Crippen molar-refractivity contribution in [2.45, 2.75) is 19.8 Å². The van der Waals surface area contributed by atoms with Crippen molar-refractivity contribution in [3.8, 4) is 0 Å². The summed E-state index contributed by atoms with van der Waals surface area (Å²) in [5.74, 6) is 0.861. The van der Waals surface area contributed by atoms with Gasteiger partial charge in [0.05, 0.1) is 5.56 Å². The van der Waals surface area contributed by atoms with Crippen LogP contribution in [0.15, 0.2) is 18.3 Å². The van der Waals surface area contributed by atoms with Crippen LogP contribution >= 0.6 is 0 Å². The van der Waals surface area contributed by atoms with Crippen molar-refractivity contribution < 1.29 is 0 Å². The van der Waals surface area contributed by atoms with Gasteiger partial charge in [-0.05, 0) is 18.6 Å². The van der Waals surface area contributed by atoms with Gasteiger partial charge in [0.1, 0.15) is 11.7 Å². The Morgan fingerprint density at radius 1 is 1.60 bits per heavy atom. The van der Waals surface area contributed by atoms with E-state index in [9.17, 15) is 0 Å². The van der Waals surface area contributed by atoms with E-state index in [2.05, 4.69) is 11.9 Å². The van der Waals surface area contributed by atoms with Crippen LogP contribution in [0.1, 0.15) is 25.3 Å². The molecule has 1 rings (SSSR count). The molecule has 0 spiro atoms. The molecule has 1 heterocycles. The number of rotatable bonds is 5. The van der Waals surface area contributed by atoms with Gasteiger partial charge in [-0.15, -0.1) is 0 Å². The van der Waals surface area contributed by atoms with Crippen LogP contribution in [0.5, 0.6) is 0 Å². The molecule has 0 radical (unpaired) electrons. The highest BCUT2D eigenvalue weighted by atomic mass is 15.2. The normalized spacial score (nSPS) is 10.0. The molecular formula is C11H18N4. The quantitative estimate of drug-likeness (QED) is 0.568. The average molecular weight is 206 g/mol. The Morgan fingerprint density at radius 3 is 2.93 bits per heavy atom. The first-order chi connectivity index (χ1) is 7.16. The second-order valence-corrected chi connectivity index (χ2v) is 3.56. The molecule has 15 heavy (non-hydrogen) atoms. The van der Waals surface area contributed by atoms with E-state index < -0.39 is 0 Å². The Morgan fingerprint density at radius 2 is 2.33 bits per heavy atom. The number of pyridine rings is 1. The number of hydrogen-bond donors (Lipinski definition) is 2. The zero-order valence-electron chi connectivity index (χ0n) is 9.33. The summed E-state index contributed by atoms with van der Waals surface area (Å²) >= 11 is 0. The van der Waals surface area contributed by atoms with Crippen molar-refractivity contribution in [3.63, 3.8) is 0 Å². The van der Waals surface area contributed by atoms with Gasteiger partial charge < -0.3 is 10.6 Å².